The Kier molecular flexibility index (Phi) is 6.74. The second kappa shape index (κ2) is 8.61. The number of aliphatic carboxylic acids is 1. The van der Waals surface area contributed by atoms with Gasteiger partial charge < -0.3 is 10.0 Å². The van der Waals surface area contributed by atoms with E-state index in [-0.39, 0.29) is 30.3 Å². The summed E-state index contributed by atoms with van der Waals surface area (Å²) in [7, 11) is -1.95. The van der Waals surface area contributed by atoms with Gasteiger partial charge in [0.25, 0.3) is 0 Å². The van der Waals surface area contributed by atoms with Crippen LogP contribution < -0.4 is 0 Å². The third kappa shape index (κ3) is 5.26. The number of benzene rings is 1. The van der Waals surface area contributed by atoms with E-state index in [0.29, 0.717) is 26.2 Å². The summed E-state index contributed by atoms with van der Waals surface area (Å²) in [4.78, 5) is 26.2. The van der Waals surface area contributed by atoms with Gasteiger partial charge in [-0.05, 0) is 19.1 Å². The summed E-state index contributed by atoms with van der Waals surface area (Å²) in [5.41, 5.74) is 0.999. The lowest BCUT2D eigenvalue weighted by molar-refractivity contribution is -0.138. The van der Waals surface area contributed by atoms with Gasteiger partial charge in [0.15, 0.2) is 0 Å². The van der Waals surface area contributed by atoms with Crippen LogP contribution in [0, 0.1) is 6.92 Å². The molecule has 1 aromatic carbocycles. The molecule has 8 nitrogen and oxygen atoms in total. The lowest BCUT2D eigenvalue weighted by Gasteiger charge is -2.34. The first-order valence-corrected chi connectivity index (χ1v) is 9.89. The molecule has 0 unspecified atom stereocenters. The van der Waals surface area contributed by atoms with Crippen LogP contribution in [0.25, 0.3) is 0 Å². The normalized spacial score (nSPS) is 16.4. The number of nitrogens with zero attached hydrogens (tertiary/aromatic N) is 3. The smallest absolute Gasteiger partial charge is 0.305 e. The number of carboxylic acids is 1. The van der Waals surface area contributed by atoms with Crippen LogP contribution in [0.5, 0.6) is 0 Å². The molecule has 1 aromatic rings. The van der Waals surface area contributed by atoms with Crippen molar-refractivity contribution in [1.82, 2.24) is 14.1 Å². The van der Waals surface area contributed by atoms with Gasteiger partial charge in [0, 0.05) is 39.8 Å². The molecular formula is C17H25N3O5S. The molecule has 9 heteroatoms. The van der Waals surface area contributed by atoms with Crippen LogP contribution in [0.1, 0.15) is 12.0 Å². The molecule has 0 spiro atoms. The van der Waals surface area contributed by atoms with Crippen LogP contribution in [0.15, 0.2) is 29.2 Å². The van der Waals surface area contributed by atoms with Crippen LogP contribution in [-0.2, 0) is 19.6 Å². The van der Waals surface area contributed by atoms with Gasteiger partial charge in [-0.2, -0.15) is 4.31 Å². The maximum Gasteiger partial charge on any atom is 0.305 e. The topological polar surface area (TPSA) is 98.2 Å². The third-order valence-corrected chi connectivity index (χ3v) is 6.35. The maximum atomic E-state index is 12.7. The summed E-state index contributed by atoms with van der Waals surface area (Å²) < 4.78 is 26.8. The zero-order valence-electron chi connectivity index (χ0n) is 15.1. The first kappa shape index (κ1) is 20.3. The minimum absolute atomic E-state index is 0.0924. The highest BCUT2D eigenvalue weighted by molar-refractivity contribution is 7.89. The van der Waals surface area contributed by atoms with E-state index in [1.807, 2.05) is 11.8 Å². The van der Waals surface area contributed by atoms with Crippen LogP contribution in [0.2, 0.25) is 0 Å². The average Bonchev–Trinajstić information content (AvgIpc) is 2.60. The Balaban J connectivity index is 1.87. The molecule has 1 N–H and O–H groups in total. The fraction of sp³-hybridized carbons (Fsp3) is 0.529. The number of piperazine rings is 1. The van der Waals surface area contributed by atoms with E-state index in [1.165, 1.54) is 9.21 Å². The maximum absolute atomic E-state index is 12.7. The summed E-state index contributed by atoms with van der Waals surface area (Å²) >= 11 is 0. The van der Waals surface area contributed by atoms with Gasteiger partial charge in [-0.1, -0.05) is 17.7 Å². The fourth-order valence-corrected chi connectivity index (χ4v) is 4.11. The number of sulfonamides is 1. The molecule has 0 radical (unpaired) electrons. The number of hydrogen-bond acceptors (Lipinski definition) is 5. The van der Waals surface area contributed by atoms with E-state index in [2.05, 4.69) is 0 Å². The predicted molar refractivity (Wildman–Crippen MR) is 96.3 cm³/mol. The van der Waals surface area contributed by atoms with E-state index in [9.17, 15) is 18.0 Å². The predicted octanol–water partition coefficient (Wildman–Crippen LogP) is 0.234. The molecule has 2 rings (SSSR count). The van der Waals surface area contributed by atoms with Gasteiger partial charge in [-0.3, -0.25) is 14.5 Å². The SMILES string of the molecule is Cc1ccc(S(=O)(=O)N2CCN(CC(=O)N(C)CCC(=O)O)CC2)cc1. The largest absolute Gasteiger partial charge is 0.481 e. The highest BCUT2D eigenvalue weighted by Crippen LogP contribution is 2.18. The number of amides is 1. The molecule has 1 heterocycles. The number of hydrogen-bond donors (Lipinski definition) is 1. The average molecular weight is 383 g/mol. The molecule has 0 aliphatic carbocycles. The Morgan fingerprint density at radius 2 is 1.69 bits per heavy atom. The number of carbonyl (C=O) groups excluding carboxylic acids is 1. The lowest BCUT2D eigenvalue weighted by Crippen LogP contribution is -2.51. The van der Waals surface area contributed by atoms with Gasteiger partial charge in [0.1, 0.15) is 0 Å². The quantitative estimate of drug-likeness (QED) is 0.724. The minimum Gasteiger partial charge on any atom is -0.481 e. The molecule has 144 valence electrons. The van der Waals surface area contributed by atoms with Crippen molar-refractivity contribution in [2.75, 3.05) is 46.3 Å². The van der Waals surface area contributed by atoms with Gasteiger partial charge in [0.05, 0.1) is 17.9 Å². The van der Waals surface area contributed by atoms with Crippen molar-refractivity contribution in [2.45, 2.75) is 18.2 Å². The molecule has 1 amide bonds. The van der Waals surface area contributed by atoms with E-state index in [0.717, 1.165) is 5.56 Å². The highest BCUT2D eigenvalue weighted by Gasteiger charge is 2.29. The third-order valence-electron chi connectivity index (χ3n) is 4.44. The summed E-state index contributed by atoms with van der Waals surface area (Å²) in [6.45, 7) is 3.79. The first-order chi connectivity index (χ1) is 12.2. The number of rotatable bonds is 7. The Morgan fingerprint density at radius 3 is 2.23 bits per heavy atom. The fourth-order valence-electron chi connectivity index (χ4n) is 2.69. The minimum atomic E-state index is -3.52. The Hall–Kier alpha value is -1.97. The molecule has 26 heavy (non-hydrogen) atoms. The summed E-state index contributed by atoms with van der Waals surface area (Å²) in [6, 6.07) is 6.76. The second-order valence-corrected chi connectivity index (χ2v) is 8.39. The first-order valence-electron chi connectivity index (χ1n) is 8.45. The molecule has 0 aromatic heterocycles. The molecular weight excluding hydrogens is 358 g/mol. The molecule has 1 aliphatic rings. The number of aryl methyl sites for hydroxylation is 1. The van der Waals surface area contributed by atoms with Crippen molar-refractivity contribution in [2.24, 2.45) is 0 Å². The molecule has 1 aliphatic heterocycles. The zero-order chi connectivity index (χ0) is 19.3. The number of likely N-dealkylation sites (N-methyl/N-ethyl adjacent to an activating group) is 1. The molecule has 1 saturated heterocycles. The monoisotopic (exact) mass is 383 g/mol. The van der Waals surface area contributed by atoms with Gasteiger partial charge >= 0.3 is 5.97 Å². The molecule has 0 atom stereocenters. The summed E-state index contributed by atoms with van der Waals surface area (Å²) in [5.74, 6) is -1.11. The van der Waals surface area contributed by atoms with Crippen LogP contribution in [0.4, 0.5) is 0 Å². The van der Waals surface area contributed by atoms with Crippen molar-refractivity contribution in [3.8, 4) is 0 Å². The van der Waals surface area contributed by atoms with Gasteiger partial charge in [-0.25, -0.2) is 8.42 Å². The van der Waals surface area contributed by atoms with Gasteiger partial charge in [-0.15, -0.1) is 0 Å². The Bertz CT molecular complexity index is 740. The van der Waals surface area contributed by atoms with E-state index >= 15 is 0 Å². The second-order valence-electron chi connectivity index (χ2n) is 6.45. The summed E-state index contributed by atoms with van der Waals surface area (Å²) in [5, 5.41) is 8.67. The van der Waals surface area contributed by atoms with Crippen LogP contribution >= 0.6 is 0 Å². The van der Waals surface area contributed by atoms with Crippen molar-refractivity contribution in [3.05, 3.63) is 29.8 Å². The lowest BCUT2D eigenvalue weighted by atomic mass is 10.2. The number of carboxylic acid groups (broad SMARTS) is 1. The van der Waals surface area contributed by atoms with Crippen molar-refractivity contribution in [3.63, 3.8) is 0 Å². The molecule has 0 saturated carbocycles. The van der Waals surface area contributed by atoms with Crippen molar-refractivity contribution in [1.29, 1.82) is 0 Å². The molecule has 1 fully saturated rings. The summed E-state index contributed by atoms with van der Waals surface area (Å²) in [6.07, 6.45) is -0.0924. The zero-order valence-corrected chi connectivity index (χ0v) is 15.9. The Morgan fingerprint density at radius 1 is 1.12 bits per heavy atom. The van der Waals surface area contributed by atoms with E-state index < -0.39 is 16.0 Å². The standard InChI is InChI=1S/C17H25N3O5S/c1-14-3-5-15(6-4-14)26(24,25)20-11-9-19(10-12-20)13-16(21)18(2)8-7-17(22)23/h3-6H,7-13H2,1-2H3,(H,22,23). The van der Waals surface area contributed by atoms with Crippen LogP contribution in [-0.4, -0.2) is 85.8 Å². The van der Waals surface area contributed by atoms with E-state index in [4.69, 9.17) is 5.11 Å². The van der Waals surface area contributed by atoms with Gasteiger partial charge in [0.2, 0.25) is 15.9 Å². The van der Waals surface area contributed by atoms with Crippen LogP contribution in [0.3, 0.4) is 0 Å². The van der Waals surface area contributed by atoms with E-state index in [1.54, 1.807) is 31.3 Å². The highest BCUT2D eigenvalue weighted by atomic mass is 32.2. The van der Waals surface area contributed by atoms with Crippen molar-refractivity contribution >= 4 is 21.9 Å². The molecule has 0 bridgehead atoms. The van der Waals surface area contributed by atoms with Crippen molar-refractivity contribution < 1.29 is 23.1 Å². The number of carbonyl (C=O) groups is 2. The Labute approximate surface area is 154 Å².